The fourth-order valence-corrected chi connectivity index (χ4v) is 3.36. The van der Waals surface area contributed by atoms with E-state index in [1.807, 2.05) is 0 Å². The third-order valence-electron chi connectivity index (χ3n) is 4.37. The number of benzene rings is 2. The molecule has 146 valence electrons. The van der Waals surface area contributed by atoms with Crippen LogP contribution in [0.15, 0.2) is 59.5 Å². The number of nitrogens with two attached hydrogens (primary N) is 1. The number of H-pyrrole nitrogens is 1. The van der Waals surface area contributed by atoms with Crippen LogP contribution in [0.1, 0.15) is 21.6 Å². The first-order chi connectivity index (χ1) is 13.2. The Morgan fingerprint density at radius 1 is 1.11 bits per heavy atom. The smallest absolute Gasteiger partial charge is 0.253 e. The minimum atomic E-state index is -3.71. The lowest BCUT2D eigenvalue weighted by molar-refractivity contribution is 0.0953. The molecule has 0 fully saturated rings. The van der Waals surface area contributed by atoms with Gasteiger partial charge in [0, 0.05) is 17.9 Å². The van der Waals surface area contributed by atoms with Crippen molar-refractivity contribution in [3.8, 4) is 11.3 Å². The molecular weight excluding hydrogens is 381 g/mol. The van der Waals surface area contributed by atoms with E-state index in [0.29, 0.717) is 24.2 Å². The minimum absolute atomic E-state index is 0.0524. The van der Waals surface area contributed by atoms with Crippen LogP contribution in [-0.2, 0) is 16.4 Å². The van der Waals surface area contributed by atoms with E-state index in [9.17, 15) is 17.6 Å². The summed E-state index contributed by atoms with van der Waals surface area (Å²) in [4.78, 5) is 15.6. The second-order valence-electron chi connectivity index (χ2n) is 6.42. The van der Waals surface area contributed by atoms with Gasteiger partial charge in [-0.1, -0.05) is 12.1 Å². The van der Waals surface area contributed by atoms with Crippen LogP contribution in [0.4, 0.5) is 4.39 Å². The number of rotatable bonds is 6. The van der Waals surface area contributed by atoms with Crippen molar-refractivity contribution in [2.75, 3.05) is 6.54 Å². The lowest BCUT2D eigenvalue weighted by Gasteiger charge is -2.06. The minimum Gasteiger partial charge on any atom is -0.358 e. The zero-order valence-electron chi connectivity index (χ0n) is 15.2. The lowest BCUT2D eigenvalue weighted by Crippen LogP contribution is -2.25. The molecule has 0 unspecified atom stereocenters. The standard InChI is InChI=1S/C20H20FN3O3S/c1-13-18(12-19(24-13)15-4-6-16(21)7-5-15)20(25)23-11-10-14-2-8-17(9-3-14)28(22,26)27/h2-9,12,24H,10-11H2,1H3,(H,23,25)(H2,22,26,27). The molecule has 0 bridgehead atoms. The zero-order chi connectivity index (χ0) is 20.3. The Balaban J connectivity index is 1.61. The van der Waals surface area contributed by atoms with Gasteiger partial charge in [-0.15, -0.1) is 0 Å². The maximum atomic E-state index is 13.1. The van der Waals surface area contributed by atoms with Crippen molar-refractivity contribution < 1.29 is 17.6 Å². The number of carbonyl (C=O) groups excluding carboxylic acids is 1. The summed E-state index contributed by atoms with van der Waals surface area (Å²) in [7, 11) is -3.71. The number of hydrogen-bond donors (Lipinski definition) is 3. The predicted molar refractivity (Wildman–Crippen MR) is 105 cm³/mol. The fourth-order valence-electron chi connectivity index (χ4n) is 2.84. The number of primary sulfonamides is 1. The summed E-state index contributed by atoms with van der Waals surface area (Å²) in [6.45, 7) is 2.19. The van der Waals surface area contributed by atoms with Gasteiger partial charge in [-0.25, -0.2) is 17.9 Å². The maximum absolute atomic E-state index is 13.1. The molecule has 28 heavy (non-hydrogen) atoms. The van der Waals surface area contributed by atoms with Gasteiger partial charge in [-0.3, -0.25) is 4.79 Å². The average molecular weight is 401 g/mol. The number of carbonyl (C=O) groups is 1. The highest BCUT2D eigenvalue weighted by Gasteiger charge is 2.13. The Labute approximate surface area is 162 Å². The highest BCUT2D eigenvalue weighted by Crippen LogP contribution is 2.22. The van der Waals surface area contributed by atoms with Crippen LogP contribution in [-0.4, -0.2) is 25.9 Å². The molecule has 1 amide bonds. The molecule has 0 radical (unpaired) electrons. The number of sulfonamides is 1. The van der Waals surface area contributed by atoms with Crippen molar-refractivity contribution in [1.29, 1.82) is 0 Å². The second kappa shape index (κ2) is 7.95. The molecule has 0 aliphatic rings. The van der Waals surface area contributed by atoms with Crippen LogP contribution >= 0.6 is 0 Å². The molecule has 0 saturated heterocycles. The third-order valence-corrected chi connectivity index (χ3v) is 5.30. The largest absolute Gasteiger partial charge is 0.358 e. The monoisotopic (exact) mass is 401 g/mol. The Morgan fingerprint density at radius 2 is 1.75 bits per heavy atom. The van der Waals surface area contributed by atoms with Crippen molar-refractivity contribution in [2.45, 2.75) is 18.2 Å². The lowest BCUT2D eigenvalue weighted by atomic mass is 10.1. The zero-order valence-corrected chi connectivity index (χ0v) is 16.0. The molecule has 2 aromatic carbocycles. The van der Waals surface area contributed by atoms with E-state index in [0.717, 1.165) is 16.8 Å². The number of halogens is 1. The van der Waals surface area contributed by atoms with Crippen LogP contribution < -0.4 is 10.5 Å². The molecule has 0 aliphatic heterocycles. The second-order valence-corrected chi connectivity index (χ2v) is 7.98. The Hall–Kier alpha value is -2.97. The number of aromatic nitrogens is 1. The first-order valence-electron chi connectivity index (χ1n) is 8.59. The number of nitrogens with one attached hydrogen (secondary N) is 2. The Kier molecular flexibility index (Phi) is 5.62. The van der Waals surface area contributed by atoms with Gasteiger partial charge in [0.05, 0.1) is 10.5 Å². The topological polar surface area (TPSA) is 105 Å². The summed E-state index contributed by atoms with van der Waals surface area (Å²) in [6.07, 6.45) is 0.547. The Morgan fingerprint density at radius 3 is 2.36 bits per heavy atom. The van der Waals surface area contributed by atoms with E-state index in [2.05, 4.69) is 10.3 Å². The molecule has 1 heterocycles. The summed E-state index contributed by atoms with van der Waals surface area (Å²) in [5, 5.41) is 7.92. The number of aromatic amines is 1. The molecule has 1 aromatic heterocycles. The Bertz CT molecular complexity index is 1090. The molecule has 3 rings (SSSR count). The quantitative estimate of drug-likeness (QED) is 0.591. The van der Waals surface area contributed by atoms with Crippen molar-refractivity contribution in [1.82, 2.24) is 10.3 Å². The summed E-state index contributed by atoms with van der Waals surface area (Å²) in [5.74, 6) is -0.537. The fraction of sp³-hybridized carbons (Fsp3) is 0.150. The normalized spacial score (nSPS) is 11.4. The molecule has 3 aromatic rings. The molecule has 0 spiro atoms. The van der Waals surface area contributed by atoms with E-state index >= 15 is 0 Å². The van der Waals surface area contributed by atoms with Crippen molar-refractivity contribution in [3.63, 3.8) is 0 Å². The first-order valence-corrected chi connectivity index (χ1v) is 10.1. The maximum Gasteiger partial charge on any atom is 0.253 e. The molecule has 0 aliphatic carbocycles. The van der Waals surface area contributed by atoms with Gasteiger partial charge in [0.15, 0.2) is 0 Å². The molecule has 0 atom stereocenters. The number of aryl methyl sites for hydroxylation is 1. The summed E-state index contributed by atoms with van der Waals surface area (Å²) >= 11 is 0. The van der Waals surface area contributed by atoms with Crippen LogP contribution in [0.5, 0.6) is 0 Å². The van der Waals surface area contributed by atoms with Crippen molar-refractivity contribution in [2.24, 2.45) is 5.14 Å². The van der Waals surface area contributed by atoms with Crippen LogP contribution in [0.3, 0.4) is 0 Å². The van der Waals surface area contributed by atoms with Gasteiger partial charge >= 0.3 is 0 Å². The SMILES string of the molecule is Cc1[nH]c(-c2ccc(F)cc2)cc1C(=O)NCCc1ccc(S(N)(=O)=O)cc1. The highest BCUT2D eigenvalue weighted by molar-refractivity contribution is 7.89. The van der Waals surface area contributed by atoms with Crippen molar-refractivity contribution in [3.05, 3.63) is 77.2 Å². The number of amides is 1. The molecule has 8 heteroatoms. The summed E-state index contributed by atoms with van der Waals surface area (Å²) in [6, 6.07) is 14.0. The molecular formula is C20H20FN3O3S. The van der Waals surface area contributed by atoms with E-state index in [1.165, 1.54) is 24.3 Å². The summed E-state index contributed by atoms with van der Waals surface area (Å²) in [5.41, 5.74) is 3.64. The average Bonchev–Trinajstić information content (AvgIpc) is 3.04. The van der Waals surface area contributed by atoms with Crippen LogP contribution in [0.25, 0.3) is 11.3 Å². The molecule has 0 saturated carbocycles. The first kappa shape index (κ1) is 19.8. The van der Waals surface area contributed by atoms with Gasteiger partial charge in [-0.2, -0.15) is 0 Å². The highest BCUT2D eigenvalue weighted by atomic mass is 32.2. The van der Waals surface area contributed by atoms with E-state index < -0.39 is 10.0 Å². The van der Waals surface area contributed by atoms with E-state index in [1.54, 1.807) is 37.3 Å². The van der Waals surface area contributed by atoms with Gasteiger partial charge in [-0.05, 0) is 66.9 Å². The predicted octanol–water partition coefficient (Wildman–Crippen LogP) is 2.75. The van der Waals surface area contributed by atoms with Gasteiger partial charge < -0.3 is 10.3 Å². The van der Waals surface area contributed by atoms with E-state index in [-0.39, 0.29) is 16.6 Å². The molecule has 6 nitrogen and oxygen atoms in total. The van der Waals surface area contributed by atoms with Gasteiger partial charge in [0.1, 0.15) is 5.82 Å². The van der Waals surface area contributed by atoms with Crippen LogP contribution in [0, 0.1) is 12.7 Å². The number of hydrogen-bond acceptors (Lipinski definition) is 3. The molecule has 4 N–H and O–H groups in total. The van der Waals surface area contributed by atoms with Gasteiger partial charge in [0.25, 0.3) is 5.91 Å². The van der Waals surface area contributed by atoms with Crippen LogP contribution in [0.2, 0.25) is 0 Å². The third kappa shape index (κ3) is 4.65. The van der Waals surface area contributed by atoms with Crippen molar-refractivity contribution >= 4 is 15.9 Å². The summed E-state index contributed by atoms with van der Waals surface area (Å²) < 4.78 is 35.6. The van der Waals surface area contributed by atoms with Gasteiger partial charge in [0.2, 0.25) is 10.0 Å². The van der Waals surface area contributed by atoms with E-state index in [4.69, 9.17) is 5.14 Å².